The second-order valence-electron chi connectivity index (χ2n) is 4.93. The predicted octanol–water partition coefficient (Wildman–Crippen LogP) is 2.27. The topological polar surface area (TPSA) is 55.6 Å². The number of nitrogens with one attached hydrogen (secondary N) is 1. The molecule has 1 aromatic rings. The van der Waals surface area contributed by atoms with Crippen molar-refractivity contribution in [2.24, 2.45) is 0 Å². The molecule has 2 rings (SSSR count). The van der Waals surface area contributed by atoms with Crippen LogP contribution in [0.1, 0.15) is 51.5 Å². The first-order valence-electron chi connectivity index (χ1n) is 6.93. The molecule has 1 aliphatic carbocycles. The number of hydrogen-bond acceptors (Lipinski definition) is 5. The quantitative estimate of drug-likeness (QED) is 0.770. The molecular formula is C12H23N5S. The highest BCUT2D eigenvalue weighted by atomic mass is 32.2. The zero-order valence-electron chi connectivity index (χ0n) is 11.3. The van der Waals surface area contributed by atoms with E-state index in [0.717, 1.165) is 10.9 Å². The minimum Gasteiger partial charge on any atom is -0.316 e. The van der Waals surface area contributed by atoms with Gasteiger partial charge in [0, 0.05) is 11.8 Å². The van der Waals surface area contributed by atoms with Crippen LogP contribution in [-0.2, 0) is 0 Å². The molecule has 1 aliphatic rings. The number of tetrazole rings is 1. The molecule has 0 aliphatic heterocycles. The lowest BCUT2D eigenvalue weighted by Gasteiger charge is -2.15. The van der Waals surface area contributed by atoms with E-state index in [0.29, 0.717) is 12.1 Å². The summed E-state index contributed by atoms with van der Waals surface area (Å²) in [6, 6.07) is 1.08. The van der Waals surface area contributed by atoms with E-state index in [4.69, 9.17) is 0 Å². The Morgan fingerprint density at radius 3 is 2.89 bits per heavy atom. The van der Waals surface area contributed by atoms with Crippen LogP contribution in [0.15, 0.2) is 5.16 Å². The van der Waals surface area contributed by atoms with Gasteiger partial charge in [-0.15, -0.1) is 5.10 Å². The SMILES string of the molecule is CCCC(CSc1nnnn1C1CCCC1)NC. The van der Waals surface area contributed by atoms with Gasteiger partial charge in [0.05, 0.1) is 6.04 Å². The minimum absolute atomic E-state index is 0.529. The lowest BCUT2D eigenvalue weighted by atomic mass is 10.2. The average Bonchev–Trinajstić information content (AvgIpc) is 3.04. The standard InChI is InChI=1S/C12H23N5S/c1-3-6-10(13-2)9-18-12-14-15-16-17(12)11-7-4-5-8-11/h10-11,13H,3-9H2,1-2H3. The fourth-order valence-corrected chi connectivity index (χ4v) is 3.59. The fraction of sp³-hybridized carbons (Fsp3) is 0.917. The molecule has 5 nitrogen and oxygen atoms in total. The molecule has 0 bridgehead atoms. The van der Waals surface area contributed by atoms with Crippen molar-refractivity contribution < 1.29 is 0 Å². The first kappa shape index (κ1) is 13.8. The van der Waals surface area contributed by atoms with Gasteiger partial charge in [0.15, 0.2) is 0 Å². The van der Waals surface area contributed by atoms with Gasteiger partial charge in [0.1, 0.15) is 0 Å². The number of nitrogens with zero attached hydrogens (tertiary/aromatic N) is 4. The van der Waals surface area contributed by atoms with Gasteiger partial charge < -0.3 is 5.32 Å². The van der Waals surface area contributed by atoms with Crippen molar-refractivity contribution in [2.45, 2.75) is 62.7 Å². The Bertz CT molecular complexity index is 348. The highest BCUT2D eigenvalue weighted by molar-refractivity contribution is 7.99. The first-order chi connectivity index (χ1) is 8.85. The third-order valence-corrected chi connectivity index (χ3v) is 4.69. The van der Waals surface area contributed by atoms with Gasteiger partial charge in [-0.05, 0) is 36.7 Å². The van der Waals surface area contributed by atoms with Crippen molar-refractivity contribution >= 4 is 11.8 Å². The Labute approximate surface area is 113 Å². The molecule has 1 heterocycles. The van der Waals surface area contributed by atoms with Crippen LogP contribution in [0.3, 0.4) is 0 Å². The van der Waals surface area contributed by atoms with Crippen molar-refractivity contribution in [1.29, 1.82) is 0 Å². The van der Waals surface area contributed by atoms with E-state index in [-0.39, 0.29) is 0 Å². The van der Waals surface area contributed by atoms with Crippen LogP contribution in [0, 0.1) is 0 Å². The summed E-state index contributed by atoms with van der Waals surface area (Å²) in [5.41, 5.74) is 0. The van der Waals surface area contributed by atoms with Crippen LogP contribution in [0.5, 0.6) is 0 Å². The van der Waals surface area contributed by atoms with E-state index in [1.165, 1.54) is 38.5 Å². The van der Waals surface area contributed by atoms with Crippen LogP contribution < -0.4 is 5.32 Å². The molecule has 0 saturated heterocycles. The average molecular weight is 269 g/mol. The summed E-state index contributed by atoms with van der Waals surface area (Å²) in [4.78, 5) is 0. The lowest BCUT2D eigenvalue weighted by Crippen LogP contribution is -2.27. The Morgan fingerprint density at radius 2 is 2.22 bits per heavy atom. The molecular weight excluding hydrogens is 246 g/mol. The molecule has 6 heteroatoms. The Balaban J connectivity index is 1.90. The second-order valence-corrected chi connectivity index (χ2v) is 5.92. The van der Waals surface area contributed by atoms with E-state index >= 15 is 0 Å². The highest BCUT2D eigenvalue weighted by Crippen LogP contribution is 2.31. The summed E-state index contributed by atoms with van der Waals surface area (Å²) >= 11 is 1.78. The van der Waals surface area contributed by atoms with E-state index in [9.17, 15) is 0 Å². The van der Waals surface area contributed by atoms with Crippen LogP contribution in [0.2, 0.25) is 0 Å². The van der Waals surface area contributed by atoms with E-state index in [2.05, 4.69) is 27.8 Å². The Morgan fingerprint density at radius 1 is 1.44 bits per heavy atom. The molecule has 0 radical (unpaired) electrons. The van der Waals surface area contributed by atoms with Crippen molar-refractivity contribution in [3.8, 4) is 0 Å². The van der Waals surface area contributed by atoms with Gasteiger partial charge in [-0.2, -0.15) is 0 Å². The van der Waals surface area contributed by atoms with Crippen molar-refractivity contribution in [3.05, 3.63) is 0 Å². The summed E-state index contributed by atoms with van der Waals surface area (Å²) in [6.07, 6.45) is 7.48. The largest absolute Gasteiger partial charge is 0.316 e. The zero-order valence-corrected chi connectivity index (χ0v) is 12.1. The van der Waals surface area contributed by atoms with Crippen LogP contribution in [0.25, 0.3) is 0 Å². The molecule has 0 aromatic carbocycles. The molecule has 1 saturated carbocycles. The maximum atomic E-state index is 4.16. The summed E-state index contributed by atoms with van der Waals surface area (Å²) in [6.45, 7) is 2.22. The van der Waals surface area contributed by atoms with E-state index in [1.54, 1.807) is 11.8 Å². The summed E-state index contributed by atoms with van der Waals surface area (Å²) in [7, 11) is 2.03. The molecule has 1 fully saturated rings. The molecule has 102 valence electrons. The summed E-state index contributed by atoms with van der Waals surface area (Å²) < 4.78 is 2.04. The normalized spacial score (nSPS) is 18.3. The van der Waals surface area contributed by atoms with Gasteiger partial charge in [-0.3, -0.25) is 0 Å². The minimum atomic E-state index is 0.529. The van der Waals surface area contributed by atoms with Gasteiger partial charge >= 0.3 is 0 Å². The monoisotopic (exact) mass is 269 g/mol. The predicted molar refractivity (Wildman–Crippen MR) is 73.8 cm³/mol. The van der Waals surface area contributed by atoms with Crippen LogP contribution >= 0.6 is 11.8 Å². The summed E-state index contributed by atoms with van der Waals surface area (Å²) in [5, 5.41) is 16.5. The molecule has 1 aromatic heterocycles. The number of aromatic nitrogens is 4. The zero-order chi connectivity index (χ0) is 12.8. The van der Waals surface area contributed by atoms with Gasteiger partial charge in [-0.25, -0.2) is 4.68 Å². The van der Waals surface area contributed by atoms with Crippen LogP contribution in [-0.4, -0.2) is 39.0 Å². The second kappa shape index (κ2) is 7.09. The Kier molecular flexibility index (Phi) is 5.44. The molecule has 0 spiro atoms. The lowest BCUT2D eigenvalue weighted by molar-refractivity contribution is 0.422. The maximum Gasteiger partial charge on any atom is 0.209 e. The fourth-order valence-electron chi connectivity index (χ4n) is 2.49. The third-order valence-electron chi connectivity index (χ3n) is 3.59. The third kappa shape index (κ3) is 3.45. The van der Waals surface area contributed by atoms with Crippen molar-refractivity contribution in [3.63, 3.8) is 0 Å². The molecule has 18 heavy (non-hydrogen) atoms. The van der Waals surface area contributed by atoms with E-state index in [1.807, 2.05) is 11.7 Å². The first-order valence-corrected chi connectivity index (χ1v) is 7.91. The molecule has 0 amide bonds. The molecule has 1 N–H and O–H groups in total. The van der Waals surface area contributed by atoms with Crippen molar-refractivity contribution in [2.75, 3.05) is 12.8 Å². The molecule has 1 unspecified atom stereocenters. The highest BCUT2D eigenvalue weighted by Gasteiger charge is 2.22. The number of rotatable bonds is 7. The van der Waals surface area contributed by atoms with Gasteiger partial charge in [-0.1, -0.05) is 37.9 Å². The molecule has 1 atom stereocenters. The van der Waals surface area contributed by atoms with Crippen LogP contribution in [0.4, 0.5) is 0 Å². The summed E-state index contributed by atoms with van der Waals surface area (Å²) in [5.74, 6) is 1.04. The number of thioether (sulfide) groups is 1. The van der Waals surface area contributed by atoms with E-state index < -0.39 is 0 Å². The maximum absolute atomic E-state index is 4.16. The number of hydrogen-bond donors (Lipinski definition) is 1. The van der Waals surface area contributed by atoms with Crippen molar-refractivity contribution in [1.82, 2.24) is 25.5 Å². The van der Waals surface area contributed by atoms with Gasteiger partial charge in [0.2, 0.25) is 5.16 Å². The Hall–Kier alpha value is -0.620. The smallest absolute Gasteiger partial charge is 0.209 e. The van der Waals surface area contributed by atoms with Gasteiger partial charge in [0.25, 0.3) is 0 Å².